The Labute approximate surface area is 129 Å². The molecular formula is C17H18N2O3. The van der Waals surface area contributed by atoms with Crippen LogP contribution in [0.2, 0.25) is 0 Å². The highest BCUT2D eigenvalue weighted by atomic mass is 16.5. The molecule has 5 heteroatoms. The van der Waals surface area contributed by atoms with Crippen molar-refractivity contribution in [2.24, 2.45) is 0 Å². The third-order valence-corrected chi connectivity index (χ3v) is 4.67. The number of carbonyl (C=O) groups is 1. The molecule has 2 unspecified atom stereocenters. The molecule has 2 saturated heterocycles. The first-order valence-electron chi connectivity index (χ1n) is 7.44. The monoisotopic (exact) mass is 298 g/mol. The van der Waals surface area contributed by atoms with E-state index in [1.165, 1.54) is 0 Å². The lowest BCUT2D eigenvalue weighted by atomic mass is 9.91. The molecule has 1 N–H and O–H groups in total. The predicted molar refractivity (Wildman–Crippen MR) is 81.8 cm³/mol. The van der Waals surface area contributed by atoms with Gasteiger partial charge in [0, 0.05) is 11.7 Å². The van der Waals surface area contributed by atoms with Gasteiger partial charge in [0.2, 0.25) is 0 Å². The maximum atomic E-state index is 11.3. The molecule has 2 heterocycles. The summed E-state index contributed by atoms with van der Waals surface area (Å²) in [5.74, 6) is -0.315. The number of hydrogen-bond acceptors (Lipinski definition) is 4. The molecule has 22 heavy (non-hydrogen) atoms. The summed E-state index contributed by atoms with van der Waals surface area (Å²) in [5, 5.41) is 18.4. The van der Waals surface area contributed by atoms with Crippen LogP contribution in [0.25, 0.3) is 0 Å². The van der Waals surface area contributed by atoms with E-state index in [9.17, 15) is 15.2 Å². The smallest absolute Gasteiger partial charge is 0.346 e. The molecule has 2 atom stereocenters. The highest BCUT2D eigenvalue weighted by Gasteiger charge is 2.41. The van der Waals surface area contributed by atoms with Crippen molar-refractivity contribution in [1.82, 2.24) is 0 Å². The van der Waals surface area contributed by atoms with E-state index in [4.69, 9.17) is 4.74 Å². The van der Waals surface area contributed by atoms with Crippen LogP contribution >= 0.6 is 0 Å². The number of benzene rings is 1. The summed E-state index contributed by atoms with van der Waals surface area (Å²) in [4.78, 5) is 13.6. The van der Waals surface area contributed by atoms with Crippen molar-refractivity contribution in [3.63, 3.8) is 0 Å². The number of carboxylic acids is 1. The number of ether oxygens (including phenoxy) is 1. The fourth-order valence-electron chi connectivity index (χ4n) is 3.69. The van der Waals surface area contributed by atoms with Crippen LogP contribution in [0.5, 0.6) is 5.75 Å². The molecular weight excluding hydrogens is 280 g/mol. The summed E-state index contributed by atoms with van der Waals surface area (Å²) < 4.78 is 5.19. The lowest BCUT2D eigenvalue weighted by Gasteiger charge is -2.38. The Morgan fingerprint density at radius 3 is 2.64 bits per heavy atom. The Morgan fingerprint density at radius 2 is 2.05 bits per heavy atom. The topological polar surface area (TPSA) is 73.6 Å². The highest BCUT2D eigenvalue weighted by molar-refractivity contribution is 5.92. The van der Waals surface area contributed by atoms with Crippen LogP contribution in [0.3, 0.4) is 0 Å². The molecule has 0 saturated carbocycles. The molecule has 0 aromatic heterocycles. The normalized spacial score (nSPS) is 25.5. The van der Waals surface area contributed by atoms with Gasteiger partial charge in [-0.05, 0) is 55.5 Å². The maximum Gasteiger partial charge on any atom is 0.346 e. The van der Waals surface area contributed by atoms with Gasteiger partial charge >= 0.3 is 5.97 Å². The number of piperidine rings is 1. The molecule has 0 amide bonds. The van der Waals surface area contributed by atoms with Crippen molar-refractivity contribution in [3.8, 4) is 11.8 Å². The Bertz CT molecular complexity index is 657. The van der Waals surface area contributed by atoms with Crippen LogP contribution in [0.15, 0.2) is 35.4 Å². The number of hydrogen-bond donors (Lipinski definition) is 1. The van der Waals surface area contributed by atoms with Crippen LogP contribution in [-0.4, -0.2) is 30.3 Å². The average molecular weight is 298 g/mol. The van der Waals surface area contributed by atoms with E-state index in [1.54, 1.807) is 7.11 Å². The number of carboxylic acid groups (broad SMARTS) is 1. The molecule has 2 aliphatic heterocycles. The van der Waals surface area contributed by atoms with Gasteiger partial charge in [0.15, 0.2) is 0 Å². The number of rotatable bonds is 3. The molecule has 0 aliphatic carbocycles. The van der Waals surface area contributed by atoms with Gasteiger partial charge in [-0.2, -0.15) is 5.26 Å². The third kappa shape index (κ3) is 2.31. The molecule has 0 radical (unpaired) electrons. The van der Waals surface area contributed by atoms with Crippen molar-refractivity contribution < 1.29 is 14.6 Å². The second kappa shape index (κ2) is 5.72. The number of fused-ring (bicyclic) bond motifs is 2. The Hall–Kier alpha value is -2.48. The Kier molecular flexibility index (Phi) is 3.76. The Morgan fingerprint density at radius 1 is 1.32 bits per heavy atom. The van der Waals surface area contributed by atoms with E-state index < -0.39 is 5.97 Å². The van der Waals surface area contributed by atoms with E-state index in [0.717, 1.165) is 36.3 Å². The van der Waals surface area contributed by atoms with Gasteiger partial charge in [0.05, 0.1) is 13.2 Å². The molecule has 2 bridgehead atoms. The fraction of sp³-hybridized carbons (Fsp3) is 0.412. The number of methoxy groups -OCH3 is 1. The summed E-state index contributed by atoms with van der Waals surface area (Å²) in [5.41, 5.74) is 1.76. The molecule has 2 aliphatic rings. The van der Waals surface area contributed by atoms with Gasteiger partial charge in [-0.15, -0.1) is 0 Å². The van der Waals surface area contributed by atoms with E-state index in [0.29, 0.717) is 12.5 Å². The molecule has 3 rings (SSSR count). The largest absolute Gasteiger partial charge is 0.497 e. The number of nitrogens with zero attached hydrogens (tertiary/aromatic N) is 2. The van der Waals surface area contributed by atoms with E-state index in [-0.39, 0.29) is 11.6 Å². The van der Waals surface area contributed by atoms with Crippen molar-refractivity contribution in [3.05, 3.63) is 35.4 Å². The van der Waals surface area contributed by atoms with Crippen molar-refractivity contribution in [1.29, 1.82) is 5.26 Å². The number of aliphatic carboxylic acids is 1. The van der Waals surface area contributed by atoms with E-state index in [1.807, 2.05) is 30.3 Å². The van der Waals surface area contributed by atoms with Crippen molar-refractivity contribution in [2.45, 2.75) is 37.8 Å². The molecule has 2 fully saturated rings. The van der Waals surface area contributed by atoms with Gasteiger partial charge in [-0.25, -0.2) is 4.79 Å². The second-order valence-corrected chi connectivity index (χ2v) is 5.71. The van der Waals surface area contributed by atoms with Crippen LogP contribution < -0.4 is 9.64 Å². The first-order chi connectivity index (χ1) is 10.7. The number of anilines is 1. The molecule has 114 valence electrons. The molecule has 1 aromatic rings. The van der Waals surface area contributed by atoms with Crippen LogP contribution in [-0.2, 0) is 4.79 Å². The summed E-state index contributed by atoms with van der Waals surface area (Å²) in [6.07, 6.45) is 3.55. The van der Waals surface area contributed by atoms with Gasteiger partial charge in [-0.1, -0.05) is 0 Å². The summed E-state index contributed by atoms with van der Waals surface area (Å²) >= 11 is 0. The summed E-state index contributed by atoms with van der Waals surface area (Å²) in [6, 6.07) is 10.2. The van der Waals surface area contributed by atoms with Gasteiger partial charge in [0.1, 0.15) is 17.4 Å². The zero-order valence-corrected chi connectivity index (χ0v) is 12.5. The maximum absolute atomic E-state index is 11.3. The quantitative estimate of drug-likeness (QED) is 0.686. The molecule has 0 spiro atoms. The number of nitriles is 1. The minimum absolute atomic E-state index is 0.0258. The summed E-state index contributed by atoms with van der Waals surface area (Å²) in [6.45, 7) is 0. The van der Waals surface area contributed by atoms with Crippen LogP contribution in [0, 0.1) is 11.3 Å². The zero-order chi connectivity index (χ0) is 15.7. The van der Waals surface area contributed by atoms with Crippen molar-refractivity contribution in [2.75, 3.05) is 12.0 Å². The van der Waals surface area contributed by atoms with Gasteiger partial charge in [-0.3, -0.25) is 0 Å². The van der Waals surface area contributed by atoms with Gasteiger partial charge < -0.3 is 14.7 Å². The van der Waals surface area contributed by atoms with Gasteiger partial charge in [0.25, 0.3) is 0 Å². The highest BCUT2D eigenvalue weighted by Crippen LogP contribution is 2.43. The van der Waals surface area contributed by atoms with Crippen LogP contribution in [0.1, 0.15) is 25.7 Å². The zero-order valence-electron chi connectivity index (χ0n) is 12.5. The van der Waals surface area contributed by atoms with E-state index in [2.05, 4.69) is 4.90 Å². The Balaban J connectivity index is 1.98. The average Bonchev–Trinajstić information content (AvgIpc) is 2.84. The lowest BCUT2D eigenvalue weighted by Crippen LogP contribution is -2.42. The summed E-state index contributed by atoms with van der Waals surface area (Å²) in [7, 11) is 1.63. The molecule has 5 nitrogen and oxygen atoms in total. The lowest BCUT2D eigenvalue weighted by molar-refractivity contribution is -0.132. The third-order valence-electron chi connectivity index (χ3n) is 4.67. The SMILES string of the molecule is COc1ccc(N2C3CC/C(=C(/C#N)C(=O)O)C2CC3)cc1. The standard InChI is InChI=1S/C17H18N2O3/c1-22-13-6-2-11(3-7-13)19-12-4-8-14(16(19)9-5-12)15(10-18)17(20)21/h2-3,6-7,12,16H,4-5,8-9H2,1H3,(H,20,21)/b15-14+. The molecule has 1 aromatic carbocycles. The minimum atomic E-state index is -1.11. The van der Waals surface area contributed by atoms with Crippen molar-refractivity contribution >= 4 is 11.7 Å². The minimum Gasteiger partial charge on any atom is -0.497 e. The van der Waals surface area contributed by atoms with Crippen LogP contribution in [0.4, 0.5) is 5.69 Å². The van der Waals surface area contributed by atoms with E-state index >= 15 is 0 Å². The fourth-order valence-corrected chi connectivity index (χ4v) is 3.69. The first-order valence-corrected chi connectivity index (χ1v) is 7.44. The predicted octanol–water partition coefficient (Wildman–Crippen LogP) is 2.73. The second-order valence-electron chi connectivity index (χ2n) is 5.71. The first kappa shape index (κ1) is 14.5.